The summed E-state index contributed by atoms with van der Waals surface area (Å²) in [5, 5.41) is -1.14. The van der Waals surface area contributed by atoms with Crippen molar-refractivity contribution in [2.75, 3.05) is 13.2 Å². The van der Waals surface area contributed by atoms with E-state index in [9.17, 15) is 18.0 Å². The summed E-state index contributed by atoms with van der Waals surface area (Å²) in [5.74, 6) is -1.67. The smallest absolute Gasteiger partial charge is 0.324 e. The van der Waals surface area contributed by atoms with E-state index in [0.717, 1.165) is 5.56 Å². The second-order valence-electron chi connectivity index (χ2n) is 5.46. The van der Waals surface area contributed by atoms with E-state index in [2.05, 4.69) is 0 Å². The predicted molar refractivity (Wildman–Crippen MR) is 82.5 cm³/mol. The molecule has 0 radical (unpaired) electrons. The van der Waals surface area contributed by atoms with Crippen LogP contribution in [0, 0.1) is 12.3 Å². The molecule has 0 saturated heterocycles. The second-order valence-corrected chi connectivity index (χ2v) is 7.59. The summed E-state index contributed by atoms with van der Waals surface area (Å²) in [7, 11) is -3.82. The first-order valence-corrected chi connectivity index (χ1v) is 9.00. The number of carbonyl (C=O) groups excluding carboxylic acids is 2. The first-order chi connectivity index (χ1) is 10.8. The van der Waals surface area contributed by atoms with Crippen molar-refractivity contribution in [2.24, 2.45) is 5.41 Å². The number of benzene rings is 1. The van der Waals surface area contributed by atoms with Crippen molar-refractivity contribution in [1.29, 1.82) is 0 Å². The number of carbonyl (C=O) groups is 2. The SMILES string of the molecule is CCOC(=O)C1(C(=O)OCC)CC1S(=O)(=O)c1ccc(C)cc1. The maximum atomic E-state index is 12.7. The van der Waals surface area contributed by atoms with Crippen LogP contribution in [0.15, 0.2) is 29.2 Å². The number of hydrogen-bond donors (Lipinski definition) is 0. The Morgan fingerprint density at radius 1 is 1.09 bits per heavy atom. The van der Waals surface area contributed by atoms with Crippen LogP contribution in [0.25, 0.3) is 0 Å². The molecule has 0 heterocycles. The van der Waals surface area contributed by atoms with Crippen LogP contribution < -0.4 is 0 Å². The van der Waals surface area contributed by atoms with Gasteiger partial charge in [0.15, 0.2) is 15.3 Å². The molecule has 7 heteroatoms. The van der Waals surface area contributed by atoms with Crippen LogP contribution in [-0.2, 0) is 28.9 Å². The van der Waals surface area contributed by atoms with Gasteiger partial charge in [0.1, 0.15) is 0 Å². The molecule has 1 aromatic carbocycles. The second kappa shape index (κ2) is 6.31. The van der Waals surface area contributed by atoms with Gasteiger partial charge < -0.3 is 9.47 Å². The highest BCUT2D eigenvalue weighted by Crippen LogP contribution is 2.54. The van der Waals surface area contributed by atoms with Gasteiger partial charge in [-0.2, -0.15) is 0 Å². The molecule has 0 spiro atoms. The van der Waals surface area contributed by atoms with Crippen LogP contribution in [0.3, 0.4) is 0 Å². The van der Waals surface area contributed by atoms with E-state index in [1.807, 2.05) is 6.92 Å². The lowest BCUT2D eigenvalue weighted by atomic mass is 10.1. The Balaban J connectivity index is 2.37. The first-order valence-electron chi connectivity index (χ1n) is 7.45. The van der Waals surface area contributed by atoms with E-state index in [0.29, 0.717) is 0 Å². The Morgan fingerprint density at radius 2 is 1.57 bits per heavy atom. The maximum Gasteiger partial charge on any atom is 0.324 e. The van der Waals surface area contributed by atoms with Crippen LogP contribution in [0.5, 0.6) is 0 Å². The van der Waals surface area contributed by atoms with Crippen molar-refractivity contribution in [3.8, 4) is 0 Å². The standard InChI is InChI=1S/C16H20O6S/c1-4-21-14(17)16(15(18)22-5-2)10-13(16)23(19,20)12-8-6-11(3)7-9-12/h6-9,13H,4-5,10H2,1-3H3. The van der Waals surface area contributed by atoms with Gasteiger partial charge in [0.05, 0.1) is 23.4 Å². The summed E-state index contributed by atoms with van der Waals surface area (Å²) >= 11 is 0. The zero-order valence-electron chi connectivity index (χ0n) is 13.4. The summed E-state index contributed by atoms with van der Waals surface area (Å²) in [5.41, 5.74) is -0.822. The molecular weight excluding hydrogens is 320 g/mol. The average Bonchev–Trinajstić information content (AvgIpc) is 3.26. The van der Waals surface area contributed by atoms with Gasteiger partial charge in [-0.3, -0.25) is 9.59 Å². The van der Waals surface area contributed by atoms with Crippen molar-refractivity contribution in [1.82, 2.24) is 0 Å². The quantitative estimate of drug-likeness (QED) is 0.578. The van der Waals surface area contributed by atoms with Crippen molar-refractivity contribution < 1.29 is 27.5 Å². The third kappa shape index (κ3) is 2.97. The van der Waals surface area contributed by atoms with Gasteiger partial charge in [-0.15, -0.1) is 0 Å². The normalized spacial score (nSPS) is 19.0. The lowest BCUT2D eigenvalue weighted by molar-refractivity contribution is -0.163. The third-order valence-electron chi connectivity index (χ3n) is 3.90. The molecular formula is C16H20O6S. The highest BCUT2D eigenvalue weighted by molar-refractivity contribution is 7.92. The highest BCUT2D eigenvalue weighted by Gasteiger charge is 2.73. The van der Waals surface area contributed by atoms with Crippen LogP contribution in [0.1, 0.15) is 25.8 Å². The lowest BCUT2D eigenvalue weighted by Gasteiger charge is -2.15. The summed E-state index contributed by atoms with van der Waals surface area (Å²) < 4.78 is 35.3. The number of esters is 2. The zero-order chi connectivity index (χ0) is 17.3. The Hall–Kier alpha value is -1.89. The van der Waals surface area contributed by atoms with Crippen LogP contribution in [0.2, 0.25) is 0 Å². The molecule has 1 fully saturated rings. The molecule has 1 saturated carbocycles. The van der Waals surface area contributed by atoms with E-state index in [4.69, 9.17) is 9.47 Å². The average molecular weight is 340 g/mol. The minimum absolute atomic E-state index is 0.0668. The summed E-state index contributed by atoms with van der Waals surface area (Å²) in [6.45, 7) is 5.18. The van der Waals surface area contributed by atoms with E-state index in [-0.39, 0.29) is 24.5 Å². The van der Waals surface area contributed by atoms with Gasteiger partial charge >= 0.3 is 11.9 Å². The van der Waals surface area contributed by atoms with E-state index < -0.39 is 32.4 Å². The molecule has 0 aromatic heterocycles. The fourth-order valence-corrected chi connectivity index (χ4v) is 4.58. The Kier molecular flexibility index (Phi) is 4.79. The fraction of sp³-hybridized carbons (Fsp3) is 0.500. The van der Waals surface area contributed by atoms with Crippen LogP contribution >= 0.6 is 0 Å². The van der Waals surface area contributed by atoms with Crippen molar-refractivity contribution in [3.63, 3.8) is 0 Å². The molecule has 1 aliphatic carbocycles. The minimum atomic E-state index is -3.82. The van der Waals surface area contributed by atoms with Crippen LogP contribution in [0.4, 0.5) is 0 Å². The summed E-state index contributed by atoms with van der Waals surface area (Å²) in [4.78, 5) is 24.5. The van der Waals surface area contributed by atoms with E-state index >= 15 is 0 Å². The molecule has 0 amide bonds. The van der Waals surface area contributed by atoms with Gasteiger partial charge in [-0.1, -0.05) is 17.7 Å². The largest absolute Gasteiger partial charge is 0.465 e. The van der Waals surface area contributed by atoms with Crippen molar-refractivity contribution in [3.05, 3.63) is 29.8 Å². The molecule has 0 N–H and O–H groups in total. The van der Waals surface area contributed by atoms with Gasteiger partial charge in [0.25, 0.3) is 0 Å². The zero-order valence-corrected chi connectivity index (χ0v) is 14.2. The molecule has 2 rings (SSSR count). The maximum absolute atomic E-state index is 12.7. The molecule has 6 nitrogen and oxygen atoms in total. The van der Waals surface area contributed by atoms with Gasteiger partial charge in [0.2, 0.25) is 0 Å². The molecule has 126 valence electrons. The van der Waals surface area contributed by atoms with E-state index in [1.54, 1.807) is 26.0 Å². The molecule has 1 aromatic rings. The summed E-state index contributed by atoms with van der Waals surface area (Å²) in [6.07, 6.45) is -0.110. The third-order valence-corrected chi connectivity index (χ3v) is 6.15. The van der Waals surface area contributed by atoms with Gasteiger partial charge in [0, 0.05) is 0 Å². The van der Waals surface area contributed by atoms with E-state index in [1.165, 1.54) is 12.1 Å². The first kappa shape index (κ1) is 17.5. The number of rotatable bonds is 6. The minimum Gasteiger partial charge on any atom is -0.465 e. The molecule has 1 aliphatic rings. The highest BCUT2D eigenvalue weighted by atomic mass is 32.2. The van der Waals surface area contributed by atoms with Crippen molar-refractivity contribution in [2.45, 2.75) is 37.3 Å². The summed E-state index contributed by atoms with van der Waals surface area (Å²) in [6, 6.07) is 6.30. The number of hydrogen-bond acceptors (Lipinski definition) is 6. The Labute approximate surface area is 135 Å². The molecule has 1 atom stereocenters. The molecule has 0 aliphatic heterocycles. The van der Waals surface area contributed by atoms with Gasteiger partial charge in [-0.25, -0.2) is 8.42 Å². The Morgan fingerprint density at radius 3 is 2.00 bits per heavy atom. The Bertz CT molecular complexity index is 687. The molecule has 1 unspecified atom stereocenters. The molecule has 0 bridgehead atoms. The number of aryl methyl sites for hydroxylation is 1. The number of sulfone groups is 1. The topological polar surface area (TPSA) is 86.7 Å². The molecule has 23 heavy (non-hydrogen) atoms. The van der Waals surface area contributed by atoms with Crippen LogP contribution in [-0.4, -0.2) is 38.8 Å². The predicted octanol–water partition coefficient (Wildman–Crippen LogP) is 1.65. The lowest BCUT2D eigenvalue weighted by Crippen LogP contribution is -2.35. The number of ether oxygens (including phenoxy) is 2. The monoisotopic (exact) mass is 340 g/mol. The fourth-order valence-electron chi connectivity index (χ4n) is 2.53. The van der Waals surface area contributed by atoms with Gasteiger partial charge in [-0.05, 0) is 39.3 Å². The van der Waals surface area contributed by atoms with Crippen molar-refractivity contribution >= 4 is 21.8 Å².